The van der Waals surface area contributed by atoms with Crippen molar-refractivity contribution in [2.45, 2.75) is 25.3 Å². The Hall–Kier alpha value is -0.610. The summed E-state index contributed by atoms with van der Waals surface area (Å²) in [4.78, 5) is 2.99. The highest BCUT2D eigenvalue weighted by Gasteiger charge is 2.38. The van der Waals surface area contributed by atoms with Gasteiger partial charge in [0, 0.05) is 28.3 Å². The molecule has 2 nitrogen and oxygen atoms in total. The van der Waals surface area contributed by atoms with Gasteiger partial charge in [-0.3, -0.25) is 0 Å². The third kappa shape index (κ3) is 1.97. The standard InChI is InChI=1S/C13H15BrN2S/c14-9-2-4-11(13(15)17)12(6-9)16-7-8-1-3-10(16)5-8/h2,4,6,8,10H,1,3,5,7H2,(H2,15,17). The van der Waals surface area contributed by atoms with Crippen molar-refractivity contribution in [2.75, 3.05) is 11.4 Å². The Morgan fingerprint density at radius 3 is 2.82 bits per heavy atom. The van der Waals surface area contributed by atoms with Crippen LogP contribution in [0.3, 0.4) is 0 Å². The molecule has 1 aliphatic heterocycles. The summed E-state index contributed by atoms with van der Waals surface area (Å²) < 4.78 is 1.09. The molecule has 0 aromatic heterocycles. The summed E-state index contributed by atoms with van der Waals surface area (Å²) >= 11 is 8.69. The maximum Gasteiger partial charge on any atom is 0.106 e. The van der Waals surface area contributed by atoms with Crippen molar-refractivity contribution in [1.82, 2.24) is 0 Å². The lowest BCUT2D eigenvalue weighted by Crippen LogP contribution is -2.33. The van der Waals surface area contributed by atoms with Crippen LogP contribution in [-0.2, 0) is 0 Å². The van der Waals surface area contributed by atoms with Crippen LogP contribution < -0.4 is 10.6 Å². The van der Waals surface area contributed by atoms with Gasteiger partial charge in [0.25, 0.3) is 0 Å². The van der Waals surface area contributed by atoms with Crippen molar-refractivity contribution in [2.24, 2.45) is 11.7 Å². The minimum Gasteiger partial charge on any atom is -0.389 e. The average Bonchev–Trinajstić information content (AvgIpc) is 2.90. The van der Waals surface area contributed by atoms with Crippen LogP contribution in [0.15, 0.2) is 22.7 Å². The fourth-order valence-corrected chi connectivity index (χ4v) is 3.69. The van der Waals surface area contributed by atoms with Crippen molar-refractivity contribution in [3.63, 3.8) is 0 Å². The molecule has 17 heavy (non-hydrogen) atoms. The molecular weight excluding hydrogens is 296 g/mol. The molecule has 1 saturated carbocycles. The number of piperidine rings is 1. The first-order chi connectivity index (χ1) is 8.15. The summed E-state index contributed by atoms with van der Waals surface area (Å²) in [5.74, 6) is 0.873. The molecule has 0 radical (unpaired) electrons. The second-order valence-electron chi connectivity index (χ2n) is 5.01. The predicted octanol–water partition coefficient (Wildman–Crippen LogP) is 3.07. The van der Waals surface area contributed by atoms with Crippen LogP contribution in [0.2, 0.25) is 0 Å². The number of anilines is 1. The summed E-state index contributed by atoms with van der Waals surface area (Å²) in [5, 5.41) is 0. The maximum atomic E-state index is 5.82. The van der Waals surface area contributed by atoms with Crippen LogP contribution in [0.1, 0.15) is 24.8 Å². The number of nitrogens with two attached hydrogens (primary N) is 1. The Balaban J connectivity index is 2.01. The summed E-state index contributed by atoms with van der Waals surface area (Å²) in [6.07, 6.45) is 4.04. The zero-order valence-electron chi connectivity index (χ0n) is 9.53. The lowest BCUT2D eigenvalue weighted by atomic mass is 10.1. The molecule has 2 aliphatic rings. The molecule has 1 aromatic rings. The SMILES string of the molecule is NC(=S)c1ccc(Br)cc1N1CC2CCC1C2. The number of thiocarbonyl (C=S) groups is 1. The van der Waals surface area contributed by atoms with Gasteiger partial charge >= 0.3 is 0 Å². The number of hydrogen-bond acceptors (Lipinski definition) is 2. The normalized spacial score (nSPS) is 26.5. The highest BCUT2D eigenvalue weighted by atomic mass is 79.9. The molecule has 1 heterocycles. The van der Waals surface area contributed by atoms with E-state index in [2.05, 4.69) is 26.9 Å². The van der Waals surface area contributed by atoms with Crippen LogP contribution in [0, 0.1) is 5.92 Å². The molecule has 2 unspecified atom stereocenters. The second kappa shape index (κ2) is 4.25. The third-order valence-electron chi connectivity index (χ3n) is 3.94. The average molecular weight is 311 g/mol. The van der Waals surface area contributed by atoms with Crippen molar-refractivity contribution < 1.29 is 0 Å². The number of benzene rings is 1. The lowest BCUT2D eigenvalue weighted by molar-refractivity contribution is 0.553. The van der Waals surface area contributed by atoms with Gasteiger partial charge in [0.15, 0.2) is 0 Å². The molecule has 90 valence electrons. The van der Waals surface area contributed by atoms with Gasteiger partial charge in [-0.1, -0.05) is 28.1 Å². The summed E-state index contributed by atoms with van der Waals surface area (Å²) in [7, 11) is 0. The van der Waals surface area contributed by atoms with Crippen LogP contribution in [0.4, 0.5) is 5.69 Å². The van der Waals surface area contributed by atoms with E-state index in [1.165, 1.54) is 24.9 Å². The fourth-order valence-electron chi connectivity index (χ4n) is 3.17. The van der Waals surface area contributed by atoms with Crippen LogP contribution in [0.5, 0.6) is 0 Å². The van der Waals surface area contributed by atoms with E-state index in [0.29, 0.717) is 11.0 Å². The quantitative estimate of drug-likeness (QED) is 0.851. The topological polar surface area (TPSA) is 29.3 Å². The van der Waals surface area contributed by atoms with Crippen molar-refractivity contribution in [3.8, 4) is 0 Å². The van der Waals surface area contributed by atoms with Gasteiger partial charge in [-0.05, 0) is 43.4 Å². The molecule has 4 heteroatoms. The summed E-state index contributed by atoms with van der Waals surface area (Å²) in [5.41, 5.74) is 8.04. The Bertz CT molecular complexity index is 474. The van der Waals surface area contributed by atoms with E-state index in [1.54, 1.807) is 0 Å². The number of nitrogens with zero attached hydrogens (tertiary/aromatic N) is 1. The Kier molecular flexibility index (Phi) is 2.87. The fraction of sp³-hybridized carbons (Fsp3) is 0.462. The molecule has 2 bridgehead atoms. The number of hydrogen-bond donors (Lipinski definition) is 1. The Morgan fingerprint density at radius 2 is 2.24 bits per heavy atom. The first kappa shape index (κ1) is 11.5. The van der Waals surface area contributed by atoms with Gasteiger partial charge in [0.2, 0.25) is 0 Å². The molecule has 0 spiro atoms. The van der Waals surface area contributed by atoms with E-state index in [4.69, 9.17) is 18.0 Å². The van der Waals surface area contributed by atoms with Gasteiger partial charge in [-0.2, -0.15) is 0 Å². The van der Waals surface area contributed by atoms with E-state index in [-0.39, 0.29) is 0 Å². The zero-order valence-corrected chi connectivity index (χ0v) is 11.9. The summed E-state index contributed by atoms with van der Waals surface area (Å²) in [6, 6.07) is 6.87. The largest absolute Gasteiger partial charge is 0.389 e. The first-order valence-corrected chi connectivity index (χ1v) is 7.21. The molecule has 2 N–H and O–H groups in total. The summed E-state index contributed by atoms with van der Waals surface area (Å²) in [6.45, 7) is 1.16. The van der Waals surface area contributed by atoms with E-state index in [9.17, 15) is 0 Å². The minimum atomic E-state index is 0.496. The Morgan fingerprint density at radius 1 is 1.41 bits per heavy atom. The third-order valence-corrected chi connectivity index (χ3v) is 4.66. The molecule has 2 fully saturated rings. The predicted molar refractivity (Wildman–Crippen MR) is 78.5 cm³/mol. The van der Waals surface area contributed by atoms with E-state index < -0.39 is 0 Å². The zero-order chi connectivity index (χ0) is 12.0. The van der Waals surface area contributed by atoms with E-state index >= 15 is 0 Å². The second-order valence-corrected chi connectivity index (χ2v) is 6.37. The first-order valence-electron chi connectivity index (χ1n) is 6.01. The van der Waals surface area contributed by atoms with Gasteiger partial charge in [-0.25, -0.2) is 0 Å². The maximum absolute atomic E-state index is 5.82. The minimum absolute atomic E-state index is 0.496. The Labute approximate surface area is 115 Å². The lowest BCUT2D eigenvalue weighted by Gasteiger charge is -2.31. The van der Waals surface area contributed by atoms with Gasteiger partial charge in [0.05, 0.1) is 0 Å². The molecule has 2 atom stereocenters. The number of rotatable bonds is 2. The molecule has 3 rings (SSSR count). The van der Waals surface area contributed by atoms with E-state index in [1.807, 2.05) is 12.1 Å². The molecule has 1 saturated heterocycles. The monoisotopic (exact) mass is 310 g/mol. The number of fused-ring (bicyclic) bond motifs is 2. The van der Waals surface area contributed by atoms with Gasteiger partial charge in [0.1, 0.15) is 4.99 Å². The van der Waals surface area contributed by atoms with Gasteiger partial charge < -0.3 is 10.6 Å². The highest BCUT2D eigenvalue weighted by Crippen LogP contribution is 2.41. The smallest absolute Gasteiger partial charge is 0.106 e. The highest BCUT2D eigenvalue weighted by molar-refractivity contribution is 9.10. The van der Waals surface area contributed by atoms with Crippen molar-refractivity contribution in [1.29, 1.82) is 0 Å². The molecule has 0 amide bonds. The van der Waals surface area contributed by atoms with Crippen LogP contribution in [0.25, 0.3) is 0 Å². The molecular formula is C13H15BrN2S. The molecule has 1 aliphatic carbocycles. The molecule has 1 aromatic carbocycles. The van der Waals surface area contributed by atoms with Crippen LogP contribution in [-0.4, -0.2) is 17.6 Å². The van der Waals surface area contributed by atoms with Crippen molar-refractivity contribution in [3.05, 3.63) is 28.2 Å². The van der Waals surface area contributed by atoms with Crippen LogP contribution >= 0.6 is 28.1 Å². The van der Waals surface area contributed by atoms with Gasteiger partial charge in [-0.15, -0.1) is 0 Å². The van der Waals surface area contributed by atoms with E-state index in [0.717, 1.165) is 22.5 Å². The van der Waals surface area contributed by atoms with Crippen molar-refractivity contribution >= 4 is 38.8 Å². The number of halogens is 1.